The molecule has 120 valence electrons. The van der Waals surface area contributed by atoms with E-state index in [2.05, 4.69) is 15.5 Å². The number of hydrazone groups is 1. The van der Waals surface area contributed by atoms with Gasteiger partial charge in [0.25, 0.3) is 11.5 Å². The van der Waals surface area contributed by atoms with Crippen molar-refractivity contribution in [3.63, 3.8) is 0 Å². The van der Waals surface area contributed by atoms with E-state index in [9.17, 15) is 14.7 Å². The molecule has 0 bridgehead atoms. The Hall–Kier alpha value is -3.12. The Morgan fingerprint density at radius 2 is 1.88 bits per heavy atom. The minimum absolute atomic E-state index is 0.379. The van der Waals surface area contributed by atoms with Crippen molar-refractivity contribution in [1.29, 1.82) is 0 Å². The standard InChI is InChI=1S/C17H12ClN3O3/c18-11-7-5-10(6-8-11)9-19-21-17(24)14-15(22)12-3-1-2-4-13(12)20-16(14)23/h1-9H,(H,21,24)(H2,20,22,23)/b19-9+. The molecule has 24 heavy (non-hydrogen) atoms. The maximum absolute atomic E-state index is 12.1. The van der Waals surface area contributed by atoms with E-state index in [0.717, 1.165) is 5.56 Å². The molecule has 0 radical (unpaired) electrons. The number of pyridine rings is 1. The molecule has 3 rings (SSSR count). The first-order chi connectivity index (χ1) is 11.6. The van der Waals surface area contributed by atoms with Gasteiger partial charge in [-0.05, 0) is 29.8 Å². The van der Waals surface area contributed by atoms with Crippen LogP contribution in [0.3, 0.4) is 0 Å². The molecule has 1 amide bonds. The highest BCUT2D eigenvalue weighted by Gasteiger charge is 2.18. The van der Waals surface area contributed by atoms with Gasteiger partial charge in [-0.25, -0.2) is 5.43 Å². The summed E-state index contributed by atoms with van der Waals surface area (Å²) in [5.74, 6) is -1.18. The van der Waals surface area contributed by atoms with Crippen molar-refractivity contribution in [1.82, 2.24) is 10.4 Å². The van der Waals surface area contributed by atoms with Crippen LogP contribution in [0.15, 0.2) is 58.4 Å². The number of nitrogens with zero attached hydrogens (tertiary/aromatic N) is 1. The van der Waals surface area contributed by atoms with E-state index in [1.54, 1.807) is 48.5 Å². The topological polar surface area (TPSA) is 94.5 Å². The highest BCUT2D eigenvalue weighted by molar-refractivity contribution is 6.30. The van der Waals surface area contributed by atoms with Crippen molar-refractivity contribution in [2.45, 2.75) is 0 Å². The van der Waals surface area contributed by atoms with E-state index in [4.69, 9.17) is 11.6 Å². The summed E-state index contributed by atoms with van der Waals surface area (Å²) in [6, 6.07) is 13.5. The van der Waals surface area contributed by atoms with E-state index in [0.29, 0.717) is 15.9 Å². The second-order valence-electron chi connectivity index (χ2n) is 4.97. The average molecular weight is 342 g/mol. The number of hydrogen-bond acceptors (Lipinski definition) is 4. The van der Waals surface area contributed by atoms with E-state index in [1.807, 2.05) is 0 Å². The minimum Gasteiger partial charge on any atom is -0.506 e. The van der Waals surface area contributed by atoms with Crippen molar-refractivity contribution in [3.05, 3.63) is 75.0 Å². The number of carbonyl (C=O) groups is 1. The summed E-state index contributed by atoms with van der Waals surface area (Å²) in [5, 5.41) is 14.9. The number of nitrogens with one attached hydrogen (secondary N) is 2. The summed E-state index contributed by atoms with van der Waals surface area (Å²) < 4.78 is 0. The number of hydrogen-bond donors (Lipinski definition) is 3. The van der Waals surface area contributed by atoms with Crippen LogP contribution in [0.4, 0.5) is 0 Å². The highest BCUT2D eigenvalue weighted by atomic mass is 35.5. The number of fused-ring (bicyclic) bond motifs is 1. The summed E-state index contributed by atoms with van der Waals surface area (Å²) in [5.41, 5.74) is 2.31. The van der Waals surface area contributed by atoms with Gasteiger partial charge in [0.05, 0.1) is 11.7 Å². The van der Waals surface area contributed by atoms with Crippen LogP contribution in [-0.2, 0) is 0 Å². The quantitative estimate of drug-likeness (QED) is 0.505. The summed E-state index contributed by atoms with van der Waals surface area (Å²) >= 11 is 5.78. The van der Waals surface area contributed by atoms with Gasteiger partial charge < -0.3 is 10.1 Å². The van der Waals surface area contributed by atoms with Gasteiger partial charge in [0, 0.05) is 10.4 Å². The third-order valence-electron chi connectivity index (χ3n) is 3.37. The Morgan fingerprint density at radius 1 is 1.17 bits per heavy atom. The third kappa shape index (κ3) is 3.13. The molecule has 0 aliphatic heterocycles. The first kappa shape index (κ1) is 15.8. The molecule has 2 aromatic carbocycles. The summed E-state index contributed by atoms with van der Waals surface area (Å²) in [4.78, 5) is 26.7. The number of aromatic amines is 1. The van der Waals surface area contributed by atoms with Crippen LogP contribution >= 0.6 is 11.6 Å². The maximum atomic E-state index is 12.1. The van der Waals surface area contributed by atoms with Crippen LogP contribution < -0.4 is 11.0 Å². The molecule has 6 nitrogen and oxygen atoms in total. The van der Waals surface area contributed by atoms with Crippen LogP contribution in [0.25, 0.3) is 10.9 Å². The Balaban J connectivity index is 1.86. The van der Waals surface area contributed by atoms with Gasteiger partial charge in [0.15, 0.2) is 0 Å². The lowest BCUT2D eigenvalue weighted by atomic mass is 10.1. The molecule has 1 aromatic heterocycles. The zero-order chi connectivity index (χ0) is 17.1. The zero-order valence-corrected chi connectivity index (χ0v) is 13.0. The summed E-state index contributed by atoms with van der Waals surface area (Å²) in [7, 11) is 0. The molecule has 3 N–H and O–H groups in total. The number of benzene rings is 2. The van der Waals surface area contributed by atoms with Crippen molar-refractivity contribution >= 4 is 34.6 Å². The monoisotopic (exact) mass is 341 g/mol. The van der Waals surface area contributed by atoms with Gasteiger partial charge >= 0.3 is 0 Å². The number of carbonyl (C=O) groups excluding carboxylic acids is 1. The predicted molar refractivity (Wildman–Crippen MR) is 92.7 cm³/mol. The minimum atomic E-state index is -0.801. The average Bonchev–Trinajstić information content (AvgIpc) is 2.57. The fourth-order valence-electron chi connectivity index (χ4n) is 2.21. The van der Waals surface area contributed by atoms with Gasteiger partial charge in [-0.3, -0.25) is 9.59 Å². The molecule has 0 saturated heterocycles. The van der Waals surface area contributed by atoms with E-state index >= 15 is 0 Å². The number of aromatic nitrogens is 1. The summed E-state index contributed by atoms with van der Waals surface area (Å²) in [6.45, 7) is 0. The molecular formula is C17H12ClN3O3. The molecule has 0 saturated carbocycles. The zero-order valence-electron chi connectivity index (χ0n) is 12.3. The normalized spacial score (nSPS) is 11.0. The lowest BCUT2D eigenvalue weighted by Crippen LogP contribution is -2.26. The summed E-state index contributed by atoms with van der Waals surface area (Å²) in [6.07, 6.45) is 1.40. The SMILES string of the molecule is O=C(N/N=C/c1ccc(Cl)cc1)c1c(O)c2ccccc2[nH]c1=O. The number of para-hydroxylation sites is 1. The second-order valence-corrected chi connectivity index (χ2v) is 5.41. The maximum Gasteiger partial charge on any atom is 0.280 e. The fraction of sp³-hybridized carbons (Fsp3) is 0. The predicted octanol–water partition coefficient (Wildman–Crippen LogP) is 2.65. The molecular weight excluding hydrogens is 330 g/mol. The lowest BCUT2D eigenvalue weighted by molar-refractivity contribution is 0.0951. The number of H-pyrrole nitrogens is 1. The molecule has 3 aromatic rings. The van der Waals surface area contributed by atoms with Gasteiger partial charge in [-0.1, -0.05) is 35.9 Å². The first-order valence-electron chi connectivity index (χ1n) is 6.99. The number of amides is 1. The number of rotatable bonds is 3. The van der Waals surface area contributed by atoms with Gasteiger partial charge in [0.2, 0.25) is 0 Å². The van der Waals surface area contributed by atoms with Gasteiger partial charge in [0.1, 0.15) is 11.3 Å². The van der Waals surface area contributed by atoms with E-state index < -0.39 is 11.5 Å². The fourth-order valence-corrected chi connectivity index (χ4v) is 2.33. The molecule has 0 aliphatic carbocycles. The molecule has 1 heterocycles. The molecule has 0 aliphatic rings. The van der Waals surface area contributed by atoms with Crippen LogP contribution in [0, 0.1) is 0 Å². The van der Waals surface area contributed by atoms with Crippen LogP contribution in [0.5, 0.6) is 5.75 Å². The Bertz CT molecular complexity index is 994. The first-order valence-corrected chi connectivity index (χ1v) is 7.37. The second kappa shape index (κ2) is 6.55. The van der Waals surface area contributed by atoms with Crippen LogP contribution in [-0.4, -0.2) is 22.2 Å². The van der Waals surface area contributed by atoms with E-state index in [1.165, 1.54) is 6.21 Å². The van der Waals surface area contributed by atoms with Crippen molar-refractivity contribution in [2.75, 3.05) is 0 Å². The Labute approximate surface area is 141 Å². The van der Waals surface area contributed by atoms with Crippen molar-refractivity contribution in [2.24, 2.45) is 5.10 Å². The molecule has 7 heteroatoms. The number of halogens is 1. The largest absolute Gasteiger partial charge is 0.506 e. The van der Waals surface area contributed by atoms with Gasteiger partial charge in [-0.15, -0.1) is 0 Å². The van der Waals surface area contributed by atoms with Crippen molar-refractivity contribution < 1.29 is 9.90 Å². The smallest absolute Gasteiger partial charge is 0.280 e. The van der Waals surface area contributed by atoms with Crippen LogP contribution in [0.2, 0.25) is 5.02 Å². The Kier molecular flexibility index (Phi) is 4.31. The highest BCUT2D eigenvalue weighted by Crippen LogP contribution is 2.24. The van der Waals surface area contributed by atoms with Crippen LogP contribution in [0.1, 0.15) is 15.9 Å². The van der Waals surface area contributed by atoms with Crippen molar-refractivity contribution in [3.8, 4) is 5.75 Å². The number of aromatic hydroxyl groups is 1. The molecule has 0 atom stereocenters. The third-order valence-corrected chi connectivity index (χ3v) is 3.62. The Morgan fingerprint density at radius 3 is 2.62 bits per heavy atom. The van der Waals surface area contributed by atoms with E-state index in [-0.39, 0.29) is 11.3 Å². The molecule has 0 fully saturated rings. The lowest BCUT2D eigenvalue weighted by Gasteiger charge is -2.05. The molecule has 0 unspecified atom stereocenters. The van der Waals surface area contributed by atoms with Gasteiger partial charge in [-0.2, -0.15) is 5.10 Å². The molecule has 0 spiro atoms.